The van der Waals surface area contributed by atoms with Crippen LogP contribution >= 0.6 is 45.6 Å². The lowest BCUT2D eigenvalue weighted by Gasteiger charge is -2.89. The molecule has 1 heterocycles. The summed E-state index contributed by atoms with van der Waals surface area (Å²) in [5.41, 5.74) is 3.02. The Morgan fingerprint density at radius 1 is 0.500 bits per heavy atom. The second kappa shape index (κ2) is 7.27. The molecule has 0 saturated carbocycles. The fraction of sp³-hybridized carbons (Fsp3) is 1.00. The van der Waals surface area contributed by atoms with E-state index in [2.05, 4.69) is 96.9 Å². The lowest BCUT2D eigenvalue weighted by Crippen LogP contribution is -2.75. The lowest BCUT2D eigenvalue weighted by atomic mass is 9.67. The molecular weight excluding hydrogens is 484 g/mol. The van der Waals surface area contributed by atoms with Crippen LogP contribution in [0.2, 0.25) is 10.6 Å². The molecule has 0 amide bonds. The lowest BCUT2D eigenvalue weighted by molar-refractivity contribution is 0.738. The minimum Gasteiger partial charge on any atom is -0.254 e. The van der Waals surface area contributed by atoms with Gasteiger partial charge in [-0.3, -0.25) is 31.5 Å². The first-order valence-electron chi connectivity index (χ1n) is 10.7. The fourth-order valence-corrected chi connectivity index (χ4v) is 56.3. The van der Waals surface area contributed by atoms with Gasteiger partial charge in [-0.1, -0.05) is 52.2 Å². The predicted octanol–water partition coefficient (Wildman–Crippen LogP) is 9.94. The zero-order valence-electron chi connectivity index (χ0n) is 20.1. The summed E-state index contributed by atoms with van der Waals surface area (Å²) in [6.07, 6.45) is 0. The van der Waals surface area contributed by atoms with Crippen LogP contribution in [0.4, 0.5) is 0 Å². The zero-order chi connectivity index (χ0) is 21.3. The van der Waals surface area contributed by atoms with Gasteiger partial charge in [0.15, 0.2) is 0 Å². The van der Waals surface area contributed by atoms with Crippen molar-refractivity contribution in [3.8, 4) is 0 Å². The monoisotopic (exact) mass is 528 g/mol. The minimum absolute atomic E-state index is 0.314. The van der Waals surface area contributed by atoms with Crippen LogP contribution in [0.1, 0.15) is 96.9 Å². The van der Waals surface area contributed by atoms with Crippen LogP contribution in [0.3, 0.4) is 0 Å². The summed E-state index contributed by atoms with van der Waals surface area (Å²) in [5.74, 6) is 0. The zero-order valence-corrected chi connectivity index (χ0v) is 25.1. The maximum Gasteiger partial charge on any atom is 0.309 e. The third-order valence-electron chi connectivity index (χ3n) is 8.15. The first-order chi connectivity index (χ1) is 11.3. The third kappa shape index (κ3) is 2.53. The molecule has 0 unspecified atom stereocenters. The Balaban J connectivity index is 4.26. The molecule has 1 fully saturated rings. The van der Waals surface area contributed by atoms with Crippen molar-refractivity contribution in [3.05, 3.63) is 0 Å². The summed E-state index contributed by atoms with van der Waals surface area (Å²) in [6.45, 7) is 35.7. The van der Waals surface area contributed by atoms with Crippen molar-refractivity contribution in [2.45, 2.75) is 130 Å². The van der Waals surface area contributed by atoms with Crippen molar-refractivity contribution < 1.29 is 0 Å². The molecule has 0 bridgehead atoms. The van der Waals surface area contributed by atoms with Crippen molar-refractivity contribution in [2.75, 3.05) is 0 Å². The average molecular weight is 530 g/mol. The van der Waals surface area contributed by atoms with E-state index in [1.165, 1.54) is 0 Å². The summed E-state index contributed by atoms with van der Waals surface area (Å²) in [6, 6.07) is 0. The van der Waals surface area contributed by atoms with Crippen LogP contribution in [0.15, 0.2) is 0 Å². The first-order valence-corrected chi connectivity index (χ1v) is 16.7. The topological polar surface area (TPSA) is 0 Å². The summed E-state index contributed by atoms with van der Waals surface area (Å²) >= 11 is 9.51. The molecule has 0 spiro atoms. The van der Waals surface area contributed by atoms with Gasteiger partial charge in [0.1, 0.15) is 0 Å². The Bertz CT molecular complexity index is 455. The van der Waals surface area contributed by atoms with Crippen LogP contribution in [0, 0.1) is 0 Å². The molecule has 156 valence electrons. The van der Waals surface area contributed by atoms with E-state index in [0.717, 1.165) is 22.6 Å². The minimum atomic E-state index is -1.32. The van der Waals surface area contributed by atoms with Crippen molar-refractivity contribution in [3.63, 3.8) is 0 Å². The molecule has 0 radical (unpaired) electrons. The highest BCUT2D eigenvalue weighted by molar-refractivity contribution is 9.49. The number of rotatable bonds is 4. The van der Waals surface area contributed by atoms with Crippen molar-refractivity contribution >= 4 is 54.4 Å². The molecule has 0 aromatic heterocycles. The molecule has 0 aliphatic carbocycles. The highest BCUT2D eigenvalue weighted by atomic mass is 79.9. The van der Waals surface area contributed by atoms with Crippen molar-refractivity contribution in [2.24, 2.45) is 0 Å². The van der Waals surface area contributed by atoms with Crippen molar-refractivity contribution in [1.29, 1.82) is 0 Å². The molecule has 0 N–H and O–H groups in total. The fourth-order valence-electron chi connectivity index (χ4n) is 8.18. The van der Waals surface area contributed by atoms with Crippen LogP contribution in [-0.2, 0) is 0 Å². The molecule has 0 aromatic carbocycles. The second-order valence-electron chi connectivity index (χ2n) is 12.3. The molecule has 0 atom stereocenters. The maximum atomic E-state index is 4.75. The van der Waals surface area contributed by atoms with Gasteiger partial charge in [0, 0.05) is 0 Å². The summed E-state index contributed by atoms with van der Waals surface area (Å²) in [7, 11) is -2.64. The van der Waals surface area contributed by atoms with Gasteiger partial charge in [-0.05, 0) is 78.0 Å². The summed E-state index contributed by atoms with van der Waals surface area (Å²) < 4.78 is -1.26. The summed E-state index contributed by atoms with van der Waals surface area (Å²) in [4.78, 5) is 0. The average Bonchev–Trinajstić information content (AvgIpc) is 2.33. The predicted molar refractivity (Wildman–Crippen MR) is 143 cm³/mol. The van der Waals surface area contributed by atoms with E-state index in [-0.39, 0.29) is 0 Å². The van der Waals surface area contributed by atoms with Crippen molar-refractivity contribution in [1.82, 2.24) is 0 Å². The van der Waals surface area contributed by atoms with E-state index in [4.69, 9.17) is 31.5 Å². The van der Waals surface area contributed by atoms with Gasteiger partial charge < -0.3 is 0 Å². The maximum absolute atomic E-state index is 4.75. The van der Waals surface area contributed by atoms with E-state index in [9.17, 15) is 0 Å². The van der Waals surface area contributed by atoms with Gasteiger partial charge in [0.25, 0.3) is 0 Å². The van der Waals surface area contributed by atoms with Gasteiger partial charge in [-0.2, -0.15) is 0 Å². The second-order valence-corrected chi connectivity index (χ2v) is 29.5. The highest BCUT2D eigenvalue weighted by Crippen LogP contribution is 3.16. The first kappa shape index (κ1) is 26.0. The Hall–Kier alpha value is 1.95. The smallest absolute Gasteiger partial charge is 0.254 e. The van der Waals surface area contributed by atoms with E-state index in [0.29, 0.717) is 10.6 Å². The molecule has 1 saturated heterocycles. The highest BCUT2D eigenvalue weighted by Gasteiger charge is 2.93. The molecule has 26 heavy (non-hydrogen) atoms. The standard InChI is InChI=1S/C20H46B2Br2P2/c1-15(2)25(16(3)4)21(23,19(9,10)11)26(17(5)6,18(7)8)22(25,24)20(12,13)14/h15-18H,1-14H3. The van der Waals surface area contributed by atoms with E-state index < -0.39 is 22.9 Å². The Labute approximate surface area is 183 Å². The van der Waals surface area contributed by atoms with Gasteiger partial charge >= 0.3 is 8.82 Å². The summed E-state index contributed by atoms with van der Waals surface area (Å²) in [5, 5.41) is 0.629. The molecule has 1 rings (SSSR count). The van der Waals surface area contributed by atoms with Gasteiger partial charge in [0.05, 0.1) is 0 Å². The van der Waals surface area contributed by atoms with Crippen LogP contribution < -0.4 is 0 Å². The molecule has 6 heteroatoms. The van der Waals surface area contributed by atoms with Crippen LogP contribution in [0.25, 0.3) is 0 Å². The van der Waals surface area contributed by atoms with E-state index in [1.54, 1.807) is 0 Å². The normalized spacial score (nSPS) is 31.8. The molecule has 0 aromatic rings. The number of hydrogen-bond acceptors (Lipinski definition) is 0. The van der Waals surface area contributed by atoms with E-state index >= 15 is 0 Å². The molecule has 1 aliphatic heterocycles. The quantitative estimate of drug-likeness (QED) is 0.251. The SMILES string of the molecule is CC(C)[P+]1(C(C)C)[B-](Br)(C(C)(C)C)[P+](C(C)C)(C(C)C)[B-]1(Br)C(C)(C)C. The largest absolute Gasteiger partial charge is 0.309 e. The van der Waals surface area contributed by atoms with E-state index in [1.807, 2.05) is 0 Å². The molecule has 0 nitrogen and oxygen atoms in total. The molecule has 1 aliphatic rings. The number of halogens is 2. The van der Waals surface area contributed by atoms with Gasteiger partial charge in [-0.15, -0.1) is 0 Å². The third-order valence-corrected chi connectivity index (χ3v) is 39.2. The Kier molecular flexibility index (Phi) is 7.27. The Morgan fingerprint density at radius 2 is 0.654 bits per heavy atom. The molecular formula is C20H46B2Br2P2. The van der Waals surface area contributed by atoms with Crippen LogP contribution in [0.5, 0.6) is 0 Å². The van der Waals surface area contributed by atoms with Crippen LogP contribution in [-0.4, -0.2) is 31.5 Å². The van der Waals surface area contributed by atoms with Gasteiger partial charge in [0.2, 0.25) is 0 Å². The number of hydrogen-bond donors (Lipinski definition) is 0. The van der Waals surface area contributed by atoms with Gasteiger partial charge in [-0.25, -0.2) is 14.0 Å². The Morgan fingerprint density at radius 3 is 0.731 bits per heavy atom.